The maximum absolute atomic E-state index is 4.18. The molecule has 0 bridgehead atoms. The first-order valence-corrected chi connectivity index (χ1v) is 6.46. The molecular weight excluding hydrogens is 182 g/mol. The zero-order chi connectivity index (χ0) is 11.4. The molecule has 0 aliphatic heterocycles. The van der Waals surface area contributed by atoms with E-state index in [9.17, 15) is 0 Å². The van der Waals surface area contributed by atoms with Gasteiger partial charge in [0.15, 0.2) is 0 Å². The Hall–Kier alpha value is -0.460. The topological polar surface area (TPSA) is 12.0 Å². The Balaban J connectivity index is 2.34. The average molecular weight is 209 g/mol. The van der Waals surface area contributed by atoms with Gasteiger partial charge in [-0.2, -0.15) is 0 Å². The van der Waals surface area contributed by atoms with Crippen molar-refractivity contribution >= 4 is 0 Å². The summed E-state index contributed by atoms with van der Waals surface area (Å²) in [6, 6.07) is 0.528. The van der Waals surface area contributed by atoms with Crippen molar-refractivity contribution in [3.05, 3.63) is 12.3 Å². The van der Waals surface area contributed by atoms with E-state index in [0.717, 1.165) is 17.8 Å². The Labute approximate surface area is 95.3 Å². The van der Waals surface area contributed by atoms with Gasteiger partial charge in [0, 0.05) is 11.7 Å². The second-order valence-electron chi connectivity index (χ2n) is 5.68. The molecule has 0 aromatic rings. The molecule has 0 atom stereocenters. The lowest BCUT2D eigenvalue weighted by Gasteiger charge is -2.32. The van der Waals surface area contributed by atoms with Crippen LogP contribution in [0, 0.1) is 17.8 Å². The Kier molecular flexibility index (Phi) is 4.69. The summed E-state index contributed by atoms with van der Waals surface area (Å²) in [5.41, 5.74) is 1.27. The third kappa shape index (κ3) is 3.89. The molecule has 0 saturated heterocycles. The Morgan fingerprint density at radius 2 is 1.60 bits per heavy atom. The van der Waals surface area contributed by atoms with Crippen LogP contribution in [-0.2, 0) is 0 Å². The zero-order valence-corrected chi connectivity index (χ0v) is 10.8. The van der Waals surface area contributed by atoms with Gasteiger partial charge in [-0.25, -0.2) is 0 Å². The summed E-state index contributed by atoms with van der Waals surface area (Å²) in [4.78, 5) is 0. The van der Waals surface area contributed by atoms with Gasteiger partial charge >= 0.3 is 0 Å². The molecule has 15 heavy (non-hydrogen) atoms. The Morgan fingerprint density at radius 1 is 1.07 bits per heavy atom. The highest BCUT2D eigenvalue weighted by Crippen LogP contribution is 2.35. The zero-order valence-electron chi connectivity index (χ0n) is 10.8. The standard InChI is InChI=1S/C14H27N/c1-10(2)13-6-8-14(9-7-13)12(5)15-11(3)4/h10-11,13-15H,5-9H2,1-4H3. The van der Waals surface area contributed by atoms with E-state index in [-0.39, 0.29) is 0 Å². The number of hydrogen-bond donors (Lipinski definition) is 1. The molecule has 0 heterocycles. The molecule has 1 nitrogen and oxygen atoms in total. The van der Waals surface area contributed by atoms with Crippen molar-refractivity contribution in [2.75, 3.05) is 0 Å². The number of hydrogen-bond acceptors (Lipinski definition) is 1. The van der Waals surface area contributed by atoms with Gasteiger partial charge in [0.25, 0.3) is 0 Å². The minimum atomic E-state index is 0.528. The molecule has 0 aromatic carbocycles. The first-order chi connectivity index (χ1) is 7.00. The lowest BCUT2D eigenvalue weighted by atomic mass is 9.76. The lowest BCUT2D eigenvalue weighted by molar-refractivity contribution is 0.237. The predicted octanol–water partition coefficient (Wildman–Crippen LogP) is 3.96. The summed E-state index contributed by atoms with van der Waals surface area (Å²) in [5.74, 6) is 2.53. The first kappa shape index (κ1) is 12.6. The van der Waals surface area contributed by atoms with Crippen LogP contribution in [0.15, 0.2) is 12.3 Å². The van der Waals surface area contributed by atoms with Crippen molar-refractivity contribution in [2.24, 2.45) is 17.8 Å². The fourth-order valence-electron chi connectivity index (χ4n) is 2.62. The van der Waals surface area contributed by atoms with Crippen LogP contribution >= 0.6 is 0 Å². The van der Waals surface area contributed by atoms with Gasteiger partial charge in [-0.05, 0) is 57.3 Å². The van der Waals surface area contributed by atoms with E-state index in [1.165, 1.54) is 31.4 Å². The number of nitrogens with one attached hydrogen (secondary N) is 1. The van der Waals surface area contributed by atoms with Crippen LogP contribution in [0.1, 0.15) is 53.4 Å². The molecule has 0 spiro atoms. The summed E-state index contributed by atoms with van der Waals surface area (Å²) in [6.07, 6.45) is 5.45. The van der Waals surface area contributed by atoms with Crippen LogP contribution in [0.5, 0.6) is 0 Å². The van der Waals surface area contributed by atoms with Crippen LogP contribution < -0.4 is 5.32 Å². The van der Waals surface area contributed by atoms with Crippen molar-refractivity contribution < 1.29 is 0 Å². The van der Waals surface area contributed by atoms with Crippen molar-refractivity contribution in [3.63, 3.8) is 0 Å². The molecule has 0 amide bonds. The lowest BCUT2D eigenvalue weighted by Crippen LogP contribution is -2.29. The Bertz CT molecular complexity index is 197. The molecule has 1 N–H and O–H groups in total. The molecule has 1 aliphatic carbocycles. The summed E-state index contributed by atoms with van der Waals surface area (Å²) in [6.45, 7) is 13.3. The quantitative estimate of drug-likeness (QED) is 0.739. The molecule has 1 aliphatic rings. The molecule has 1 heteroatoms. The summed E-state index contributed by atoms with van der Waals surface area (Å²) in [7, 11) is 0. The average Bonchev–Trinajstić information content (AvgIpc) is 2.17. The van der Waals surface area contributed by atoms with E-state index >= 15 is 0 Å². The third-order valence-electron chi connectivity index (χ3n) is 3.68. The van der Waals surface area contributed by atoms with Gasteiger partial charge in [0.1, 0.15) is 0 Å². The molecule has 0 unspecified atom stereocenters. The predicted molar refractivity (Wildman–Crippen MR) is 67.7 cm³/mol. The molecule has 88 valence electrons. The van der Waals surface area contributed by atoms with Crippen LogP contribution in [0.4, 0.5) is 0 Å². The van der Waals surface area contributed by atoms with Gasteiger partial charge in [-0.1, -0.05) is 20.4 Å². The largest absolute Gasteiger partial charge is 0.386 e. The van der Waals surface area contributed by atoms with E-state index < -0.39 is 0 Å². The smallest absolute Gasteiger partial charge is 0.0201 e. The summed E-state index contributed by atoms with van der Waals surface area (Å²) in [5, 5.41) is 3.46. The van der Waals surface area contributed by atoms with E-state index in [0.29, 0.717) is 6.04 Å². The fraction of sp³-hybridized carbons (Fsp3) is 0.857. The molecule has 1 fully saturated rings. The number of rotatable bonds is 4. The monoisotopic (exact) mass is 209 g/mol. The summed E-state index contributed by atoms with van der Waals surface area (Å²) < 4.78 is 0. The minimum absolute atomic E-state index is 0.528. The second-order valence-corrected chi connectivity index (χ2v) is 5.68. The highest BCUT2D eigenvalue weighted by molar-refractivity contribution is 5.00. The van der Waals surface area contributed by atoms with Crippen LogP contribution in [0.25, 0.3) is 0 Å². The van der Waals surface area contributed by atoms with Crippen LogP contribution in [-0.4, -0.2) is 6.04 Å². The van der Waals surface area contributed by atoms with E-state index in [1.54, 1.807) is 0 Å². The maximum Gasteiger partial charge on any atom is 0.0201 e. The van der Waals surface area contributed by atoms with Crippen molar-refractivity contribution in [1.29, 1.82) is 0 Å². The van der Waals surface area contributed by atoms with Gasteiger partial charge in [0.2, 0.25) is 0 Å². The van der Waals surface area contributed by atoms with E-state index in [4.69, 9.17) is 0 Å². The molecule has 0 radical (unpaired) electrons. The molecule has 1 rings (SSSR count). The van der Waals surface area contributed by atoms with Gasteiger partial charge < -0.3 is 5.32 Å². The molecule has 1 saturated carbocycles. The van der Waals surface area contributed by atoms with E-state index in [2.05, 4.69) is 39.6 Å². The van der Waals surface area contributed by atoms with Crippen LogP contribution in [0.2, 0.25) is 0 Å². The second kappa shape index (κ2) is 5.58. The van der Waals surface area contributed by atoms with Gasteiger partial charge in [-0.3, -0.25) is 0 Å². The van der Waals surface area contributed by atoms with Gasteiger partial charge in [0.05, 0.1) is 0 Å². The minimum Gasteiger partial charge on any atom is -0.386 e. The molecule has 0 aromatic heterocycles. The normalized spacial score (nSPS) is 27.1. The fourth-order valence-corrected chi connectivity index (χ4v) is 2.62. The van der Waals surface area contributed by atoms with Crippen molar-refractivity contribution in [3.8, 4) is 0 Å². The Morgan fingerprint density at radius 3 is 2.00 bits per heavy atom. The SMILES string of the molecule is C=C(NC(C)C)C1CCC(C(C)C)CC1. The summed E-state index contributed by atoms with van der Waals surface area (Å²) >= 11 is 0. The molecular formula is C14H27N. The van der Waals surface area contributed by atoms with E-state index in [1.807, 2.05) is 0 Å². The van der Waals surface area contributed by atoms with Crippen molar-refractivity contribution in [1.82, 2.24) is 5.32 Å². The third-order valence-corrected chi connectivity index (χ3v) is 3.68. The number of allylic oxidation sites excluding steroid dienone is 1. The highest BCUT2D eigenvalue weighted by atomic mass is 14.9. The van der Waals surface area contributed by atoms with Gasteiger partial charge in [-0.15, -0.1) is 0 Å². The highest BCUT2D eigenvalue weighted by Gasteiger charge is 2.24. The maximum atomic E-state index is 4.18. The first-order valence-electron chi connectivity index (χ1n) is 6.46. The van der Waals surface area contributed by atoms with Crippen LogP contribution in [0.3, 0.4) is 0 Å². The van der Waals surface area contributed by atoms with Crippen molar-refractivity contribution in [2.45, 2.75) is 59.4 Å².